The van der Waals surface area contributed by atoms with Crippen molar-refractivity contribution in [1.82, 2.24) is 9.88 Å². The summed E-state index contributed by atoms with van der Waals surface area (Å²) in [5.74, 6) is 5.58. The monoisotopic (exact) mass is 383 g/mol. The first kappa shape index (κ1) is 18.5. The summed E-state index contributed by atoms with van der Waals surface area (Å²) >= 11 is 1.22. The third-order valence-corrected chi connectivity index (χ3v) is 5.71. The molecular formula is C18H17N5O3S. The van der Waals surface area contributed by atoms with E-state index in [4.69, 9.17) is 5.73 Å². The largest absolute Gasteiger partial charge is 0.369 e. The van der Waals surface area contributed by atoms with E-state index in [0.717, 1.165) is 0 Å². The van der Waals surface area contributed by atoms with Crippen molar-refractivity contribution in [3.05, 3.63) is 45.1 Å². The van der Waals surface area contributed by atoms with Crippen LogP contribution >= 0.6 is 11.3 Å². The average molecular weight is 383 g/mol. The summed E-state index contributed by atoms with van der Waals surface area (Å²) in [6.45, 7) is 3.46. The Kier molecular flexibility index (Phi) is 4.68. The molecule has 138 valence electrons. The first-order valence-electron chi connectivity index (χ1n) is 8.04. The minimum absolute atomic E-state index is 0.0558. The Hall–Kier alpha value is -3.25. The van der Waals surface area contributed by atoms with Gasteiger partial charge in [-0.3, -0.25) is 24.8 Å². The smallest absolute Gasteiger partial charge is 0.288 e. The minimum atomic E-state index is -0.949. The third kappa shape index (κ3) is 3.39. The molecular weight excluding hydrogens is 366 g/mol. The van der Waals surface area contributed by atoms with Crippen molar-refractivity contribution in [3.8, 4) is 22.3 Å². The number of aromatic nitrogens is 1. The Morgan fingerprint density at radius 2 is 2.15 bits per heavy atom. The molecule has 0 fully saturated rings. The molecule has 1 atom stereocenters. The molecule has 0 saturated carbocycles. The van der Waals surface area contributed by atoms with Crippen molar-refractivity contribution in [2.24, 2.45) is 10.7 Å². The highest BCUT2D eigenvalue weighted by molar-refractivity contribution is 7.16. The molecule has 0 bridgehead atoms. The van der Waals surface area contributed by atoms with Crippen LogP contribution in [0.3, 0.4) is 0 Å². The van der Waals surface area contributed by atoms with Gasteiger partial charge in [0, 0.05) is 41.5 Å². The standard InChI is InChI=1S/C18H17N5O3S/c1-4-5-11-6-12(10-20-9-11)16-13(23(25)26)7-14(27-16)18(2)8-15(24)22(3)17(19)21-18/h6-7,9-10H,8H2,1-3H3,(H2,19,21)/t18-/m0/s1. The van der Waals surface area contributed by atoms with Gasteiger partial charge in [-0.05, 0) is 19.9 Å². The first-order valence-corrected chi connectivity index (χ1v) is 8.85. The normalized spacial score (nSPS) is 19.3. The zero-order valence-corrected chi connectivity index (χ0v) is 15.8. The lowest BCUT2D eigenvalue weighted by Crippen LogP contribution is -2.47. The second-order valence-electron chi connectivity index (χ2n) is 6.29. The van der Waals surface area contributed by atoms with Gasteiger partial charge in [0.15, 0.2) is 5.96 Å². The highest BCUT2D eigenvalue weighted by Gasteiger charge is 2.39. The number of thiophene rings is 1. The molecule has 1 aliphatic heterocycles. The van der Waals surface area contributed by atoms with E-state index in [2.05, 4.69) is 21.8 Å². The molecule has 0 unspecified atom stereocenters. The van der Waals surface area contributed by atoms with Crippen molar-refractivity contribution in [2.75, 3.05) is 7.05 Å². The lowest BCUT2D eigenvalue weighted by molar-refractivity contribution is -0.383. The van der Waals surface area contributed by atoms with Gasteiger partial charge in [-0.15, -0.1) is 17.3 Å². The van der Waals surface area contributed by atoms with Crippen LogP contribution in [0.25, 0.3) is 10.4 Å². The topological polar surface area (TPSA) is 115 Å². The molecule has 3 heterocycles. The number of aliphatic imine (C=N–C) groups is 1. The lowest BCUT2D eigenvalue weighted by atomic mass is 9.94. The number of carbonyl (C=O) groups excluding carboxylic acids is 1. The minimum Gasteiger partial charge on any atom is -0.369 e. The maximum atomic E-state index is 12.2. The van der Waals surface area contributed by atoms with Crippen LogP contribution in [0.15, 0.2) is 29.5 Å². The van der Waals surface area contributed by atoms with Gasteiger partial charge in [-0.2, -0.15) is 0 Å². The Morgan fingerprint density at radius 1 is 1.41 bits per heavy atom. The SMILES string of the molecule is CC#Cc1cncc(-c2sc([C@]3(C)CC(=O)N(C)C(N)=N3)cc2[N+](=O)[O-])c1. The second-order valence-corrected chi connectivity index (χ2v) is 7.35. The van der Waals surface area contributed by atoms with Crippen molar-refractivity contribution in [1.29, 1.82) is 0 Å². The molecule has 0 spiro atoms. The van der Waals surface area contributed by atoms with E-state index in [-0.39, 0.29) is 24.0 Å². The molecule has 0 aromatic carbocycles. The van der Waals surface area contributed by atoms with Gasteiger partial charge in [-0.25, -0.2) is 4.99 Å². The van der Waals surface area contributed by atoms with Gasteiger partial charge in [0.25, 0.3) is 5.69 Å². The van der Waals surface area contributed by atoms with Crippen LogP contribution in [0.2, 0.25) is 0 Å². The maximum Gasteiger partial charge on any atom is 0.288 e. The van der Waals surface area contributed by atoms with Gasteiger partial charge in [0.1, 0.15) is 10.4 Å². The van der Waals surface area contributed by atoms with Crippen molar-refractivity contribution < 1.29 is 9.72 Å². The fourth-order valence-corrected chi connectivity index (χ4v) is 4.01. The third-order valence-electron chi connectivity index (χ3n) is 4.28. The number of amides is 1. The molecule has 8 nitrogen and oxygen atoms in total. The Labute approximate surface area is 159 Å². The molecule has 0 aliphatic carbocycles. The number of pyridine rings is 1. The highest BCUT2D eigenvalue weighted by Crippen LogP contribution is 2.45. The predicted octanol–water partition coefficient (Wildman–Crippen LogP) is 2.48. The van der Waals surface area contributed by atoms with Crippen LogP contribution in [0, 0.1) is 22.0 Å². The fraction of sp³-hybridized carbons (Fsp3) is 0.278. The van der Waals surface area contributed by atoms with Crippen LogP contribution in [0.5, 0.6) is 0 Å². The number of hydrogen-bond donors (Lipinski definition) is 1. The van der Waals surface area contributed by atoms with Gasteiger partial charge >= 0.3 is 0 Å². The Morgan fingerprint density at radius 3 is 2.78 bits per heavy atom. The molecule has 0 saturated heterocycles. The van der Waals surface area contributed by atoms with Crippen LogP contribution < -0.4 is 5.73 Å². The number of rotatable bonds is 3. The van der Waals surface area contributed by atoms with E-state index in [1.165, 1.54) is 22.3 Å². The molecule has 3 rings (SSSR count). The maximum absolute atomic E-state index is 12.2. The van der Waals surface area contributed by atoms with Gasteiger partial charge in [-0.1, -0.05) is 5.92 Å². The molecule has 27 heavy (non-hydrogen) atoms. The zero-order chi connectivity index (χ0) is 19.8. The van der Waals surface area contributed by atoms with Crippen molar-refractivity contribution >= 4 is 28.9 Å². The summed E-state index contributed by atoms with van der Waals surface area (Å²) < 4.78 is 0. The quantitative estimate of drug-likeness (QED) is 0.497. The van der Waals surface area contributed by atoms with Crippen LogP contribution in [-0.2, 0) is 10.3 Å². The summed E-state index contributed by atoms with van der Waals surface area (Å²) in [6.07, 6.45) is 3.24. The summed E-state index contributed by atoms with van der Waals surface area (Å²) in [4.78, 5) is 34.3. The predicted molar refractivity (Wildman–Crippen MR) is 103 cm³/mol. The molecule has 1 amide bonds. The van der Waals surface area contributed by atoms with Crippen LogP contribution in [-0.4, -0.2) is 33.7 Å². The average Bonchev–Trinajstić information content (AvgIpc) is 3.07. The second kappa shape index (κ2) is 6.81. The van der Waals surface area contributed by atoms with Crippen molar-refractivity contribution in [2.45, 2.75) is 25.8 Å². The number of nitrogens with two attached hydrogens (primary N) is 1. The number of carbonyl (C=O) groups is 1. The van der Waals surface area contributed by atoms with E-state index in [1.807, 2.05) is 0 Å². The Balaban J connectivity index is 2.14. The van der Waals surface area contributed by atoms with E-state index < -0.39 is 10.5 Å². The number of nitrogens with zero attached hydrogens (tertiary/aromatic N) is 4. The fourth-order valence-electron chi connectivity index (χ4n) is 2.82. The number of hydrogen-bond acceptors (Lipinski definition) is 7. The lowest BCUT2D eigenvalue weighted by Gasteiger charge is -2.32. The van der Waals surface area contributed by atoms with E-state index >= 15 is 0 Å². The summed E-state index contributed by atoms with van der Waals surface area (Å²) in [5, 5.41) is 11.6. The molecule has 1 aliphatic rings. The molecule has 2 N–H and O–H groups in total. The number of nitro groups is 1. The zero-order valence-electron chi connectivity index (χ0n) is 15.0. The van der Waals surface area contributed by atoms with Crippen LogP contribution in [0.4, 0.5) is 5.69 Å². The number of guanidine groups is 1. The Bertz CT molecular complexity index is 1030. The summed E-state index contributed by atoms with van der Waals surface area (Å²) in [6, 6.07) is 3.22. The van der Waals surface area contributed by atoms with E-state index in [9.17, 15) is 14.9 Å². The molecule has 0 radical (unpaired) electrons. The van der Waals surface area contributed by atoms with E-state index in [1.54, 1.807) is 39.4 Å². The summed E-state index contributed by atoms with van der Waals surface area (Å²) in [5.41, 5.74) is 6.11. The van der Waals surface area contributed by atoms with E-state index in [0.29, 0.717) is 20.9 Å². The van der Waals surface area contributed by atoms with Gasteiger partial charge in [0.2, 0.25) is 5.91 Å². The summed E-state index contributed by atoms with van der Waals surface area (Å²) in [7, 11) is 1.55. The molecule has 2 aromatic heterocycles. The van der Waals surface area contributed by atoms with Crippen LogP contribution in [0.1, 0.15) is 30.7 Å². The molecule has 2 aromatic rings. The molecule has 9 heteroatoms. The van der Waals surface area contributed by atoms with Gasteiger partial charge in [0.05, 0.1) is 11.3 Å². The van der Waals surface area contributed by atoms with Crippen molar-refractivity contribution in [3.63, 3.8) is 0 Å². The van der Waals surface area contributed by atoms with Gasteiger partial charge < -0.3 is 5.73 Å². The highest BCUT2D eigenvalue weighted by atomic mass is 32.1. The first-order chi connectivity index (χ1) is 12.7.